The van der Waals surface area contributed by atoms with Gasteiger partial charge < -0.3 is 0 Å². The molecule has 1 atom stereocenters. The minimum atomic E-state index is 0.0801. The summed E-state index contributed by atoms with van der Waals surface area (Å²) < 4.78 is 1.72. The molecule has 30 heavy (non-hydrogen) atoms. The number of Topliss-reactive ketones (excluding diaryl/α,β-unsaturated/α-hetero) is 1. The number of rotatable bonds is 4. The van der Waals surface area contributed by atoms with Crippen LogP contribution in [0.2, 0.25) is 10.0 Å². The highest BCUT2D eigenvalue weighted by atomic mass is 35.5. The second-order valence-electron chi connectivity index (χ2n) is 7.22. The lowest BCUT2D eigenvalue weighted by Gasteiger charge is -2.23. The number of hydrogen-bond donors (Lipinski definition) is 0. The lowest BCUT2D eigenvalue weighted by Crippen LogP contribution is -2.22. The van der Waals surface area contributed by atoms with Crippen molar-refractivity contribution in [2.45, 2.75) is 29.7 Å². The Bertz CT molecular complexity index is 1240. The van der Waals surface area contributed by atoms with Crippen molar-refractivity contribution in [1.29, 1.82) is 0 Å². The summed E-state index contributed by atoms with van der Waals surface area (Å²) in [7, 11) is 0. The fourth-order valence-corrected chi connectivity index (χ4v) is 4.72. The molecule has 0 saturated carbocycles. The van der Waals surface area contributed by atoms with Gasteiger partial charge in [-0.2, -0.15) is 9.50 Å². The number of fused-ring (bicyclic) bond motifs is 3. The van der Waals surface area contributed by atoms with Crippen molar-refractivity contribution in [2.75, 3.05) is 0 Å². The standard InChI is InChI=1S/C22H16Cl2N4OS/c23-16-5-1-13(2-6-16)12-30-22-26-21-25-11-18-19(28(21)27-22)9-15(10-20(18)29)14-3-7-17(24)8-4-14/h1-8,11,15H,9-10,12H2. The van der Waals surface area contributed by atoms with Crippen LogP contribution >= 0.6 is 35.0 Å². The Morgan fingerprint density at radius 3 is 2.43 bits per heavy atom. The van der Waals surface area contributed by atoms with Crippen LogP contribution in [-0.2, 0) is 12.2 Å². The number of carbonyl (C=O) groups excluding carboxylic acids is 1. The third kappa shape index (κ3) is 3.83. The smallest absolute Gasteiger partial charge is 0.253 e. The average Bonchev–Trinajstić information content (AvgIpc) is 3.17. The summed E-state index contributed by atoms with van der Waals surface area (Å²) in [5.74, 6) is 1.40. The van der Waals surface area contributed by atoms with Crippen LogP contribution in [-0.4, -0.2) is 25.4 Å². The third-order valence-electron chi connectivity index (χ3n) is 5.24. The normalized spacial score (nSPS) is 16.1. The number of carbonyl (C=O) groups is 1. The zero-order valence-electron chi connectivity index (χ0n) is 15.8. The zero-order valence-corrected chi connectivity index (χ0v) is 18.1. The van der Waals surface area contributed by atoms with E-state index in [1.54, 1.807) is 10.7 Å². The van der Waals surface area contributed by atoms with Crippen molar-refractivity contribution in [1.82, 2.24) is 19.6 Å². The van der Waals surface area contributed by atoms with Gasteiger partial charge in [0.1, 0.15) is 0 Å². The van der Waals surface area contributed by atoms with Gasteiger partial charge in [-0.1, -0.05) is 59.2 Å². The van der Waals surface area contributed by atoms with E-state index in [0.717, 1.165) is 22.6 Å². The SMILES string of the molecule is O=C1CC(c2ccc(Cl)cc2)Cc2c1cnc1nc(SCc3ccc(Cl)cc3)nn21. The lowest BCUT2D eigenvalue weighted by molar-refractivity contribution is 0.0962. The Labute approximate surface area is 187 Å². The van der Waals surface area contributed by atoms with E-state index in [1.165, 1.54) is 11.8 Å². The summed E-state index contributed by atoms with van der Waals surface area (Å²) in [4.78, 5) is 21.7. The summed E-state index contributed by atoms with van der Waals surface area (Å²) in [5.41, 5.74) is 3.73. The van der Waals surface area contributed by atoms with Crippen LogP contribution in [0.3, 0.4) is 0 Å². The Hall–Kier alpha value is -2.41. The van der Waals surface area contributed by atoms with Gasteiger partial charge in [-0.3, -0.25) is 4.79 Å². The number of benzene rings is 2. The van der Waals surface area contributed by atoms with Gasteiger partial charge in [0.05, 0.1) is 11.3 Å². The van der Waals surface area contributed by atoms with E-state index < -0.39 is 0 Å². The summed E-state index contributed by atoms with van der Waals surface area (Å²) in [6.07, 6.45) is 2.79. The highest BCUT2D eigenvalue weighted by Crippen LogP contribution is 2.33. The molecule has 0 saturated heterocycles. The van der Waals surface area contributed by atoms with Crippen molar-refractivity contribution in [2.24, 2.45) is 0 Å². The van der Waals surface area contributed by atoms with Crippen molar-refractivity contribution in [3.05, 3.63) is 87.2 Å². The van der Waals surface area contributed by atoms with Gasteiger partial charge in [-0.15, -0.1) is 5.10 Å². The highest BCUT2D eigenvalue weighted by Gasteiger charge is 2.29. The monoisotopic (exact) mass is 454 g/mol. The topological polar surface area (TPSA) is 60.2 Å². The number of nitrogens with zero attached hydrogens (tertiary/aromatic N) is 4. The fourth-order valence-electron chi connectivity index (χ4n) is 3.69. The first-order valence-corrected chi connectivity index (χ1v) is 11.2. The number of hydrogen-bond acceptors (Lipinski definition) is 5. The van der Waals surface area contributed by atoms with Crippen LogP contribution in [0.4, 0.5) is 0 Å². The quantitative estimate of drug-likeness (QED) is 0.373. The molecule has 2 heterocycles. The highest BCUT2D eigenvalue weighted by molar-refractivity contribution is 7.98. The maximum atomic E-state index is 12.8. The second-order valence-corrected chi connectivity index (χ2v) is 9.04. The second kappa shape index (κ2) is 8.02. The van der Waals surface area contributed by atoms with E-state index in [-0.39, 0.29) is 11.7 Å². The lowest BCUT2D eigenvalue weighted by atomic mass is 9.82. The Morgan fingerprint density at radius 2 is 1.70 bits per heavy atom. The third-order valence-corrected chi connectivity index (χ3v) is 6.65. The van der Waals surface area contributed by atoms with Gasteiger partial charge in [0, 0.05) is 28.4 Å². The minimum absolute atomic E-state index is 0.0801. The van der Waals surface area contributed by atoms with E-state index >= 15 is 0 Å². The van der Waals surface area contributed by atoms with Gasteiger partial charge in [0.15, 0.2) is 5.78 Å². The Morgan fingerprint density at radius 1 is 1.00 bits per heavy atom. The molecule has 0 radical (unpaired) electrons. The molecule has 1 aliphatic rings. The minimum Gasteiger partial charge on any atom is -0.294 e. The van der Waals surface area contributed by atoms with E-state index in [0.29, 0.717) is 39.4 Å². The number of thioether (sulfide) groups is 1. The average molecular weight is 455 g/mol. The summed E-state index contributed by atoms with van der Waals surface area (Å²) in [6, 6.07) is 15.4. The van der Waals surface area contributed by atoms with Gasteiger partial charge in [0.2, 0.25) is 5.16 Å². The van der Waals surface area contributed by atoms with Crippen LogP contribution in [0.5, 0.6) is 0 Å². The Balaban J connectivity index is 1.44. The largest absolute Gasteiger partial charge is 0.294 e. The van der Waals surface area contributed by atoms with E-state index in [4.69, 9.17) is 23.2 Å². The molecule has 0 N–H and O–H groups in total. The molecule has 0 aliphatic heterocycles. The number of halogens is 2. The molecular weight excluding hydrogens is 439 g/mol. The molecule has 2 aromatic heterocycles. The first kappa shape index (κ1) is 19.5. The summed E-state index contributed by atoms with van der Waals surface area (Å²) in [6.45, 7) is 0. The Kier molecular flexibility index (Phi) is 5.23. The van der Waals surface area contributed by atoms with Crippen molar-refractivity contribution >= 4 is 46.5 Å². The first-order valence-electron chi connectivity index (χ1n) is 9.47. The van der Waals surface area contributed by atoms with Crippen LogP contribution in [0.1, 0.15) is 39.5 Å². The summed E-state index contributed by atoms with van der Waals surface area (Å²) in [5, 5.41) is 6.67. The van der Waals surface area contributed by atoms with Crippen molar-refractivity contribution in [3.8, 4) is 0 Å². The zero-order chi connectivity index (χ0) is 20.7. The van der Waals surface area contributed by atoms with Gasteiger partial charge >= 0.3 is 0 Å². The number of aromatic nitrogens is 4. The van der Waals surface area contributed by atoms with Gasteiger partial charge in [-0.25, -0.2) is 4.98 Å². The molecule has 4 aromatic rings. The van der Waals surface area contributed by atoms with E-state index in [2.05, 4.69) is 15.1 Å². The van der Waals surface area contributed by atoms with Crippen molar-refractivity contribution in [3.63, 3.8) is 0 Å². The maximum Gasteiger partial charge on any atom is 0.253 e. The molecular formula is C22H16Cl2N4OS. The molecule has 0 spiro atoms. The molecule has 5 rings (SSSR count). The van der Waals surface area contributed by atoms with Gasteiger partial charge in [-0.05, 0) is 47.7 Å². The molecule has 150 valence electrons. The van der Waals surface area contributed by atoms with Gasteiger partial charge in [0.25, 0.3) is 5.78 Å². The van der Waals surface area contributed by atoms with Crippen LogP contribution in [0.25, 0.3) is 5.78 Å². The number of ketones is 1. The van der Waals surface area contributed by atoms with Crippen molar-refractivity contribution < 1.29 is 4.79 Å². The predicted octanol–water partition coefficient (Wildman–Crippen LogP) is 5.64. The maximum absolute atomic E-state index is 12.8. The van der Waals surface area contributed by atoms with E-state index in [1.807, 2.05) is 48.5 Å². The molecule has 2 aromatic carbocycles. The van der Waals surface area contributed by atoms with Crippen LogP contribution < -0.4 is 0 Å². The predicted molar refractivity (Wildman–Crippen MR) is 119 cm³/mol. The first-order chi connectivity index (χ1) is 14.6. The summed E-state index contributed by atoms with van der Waals surface area (Å²) >= 11 is 13.5. The molecule has 5 nitrogen and oxygen atoms in total. The molecule has 8 heteroatoms. The molecule has 1 unspecified atom stereocenters. The molecule has 0 fully saturated rings. The van der Waals surface area contributed by atoms with E-state index in [9.17, 15) is 4.79 Å². The fraction of sp³-hybridized carbons (Fsp3) is 0.182. The molecule has 1 aliphatic carbocycles. The molecule has 0 bridgehead atoms. The molecule has 0 amide bonds. The van der Waals surface area contributed by atoms with Crippen LogP contribution in [0, 0.1) is 0 Å². The van der Waals surface area contributed by atoms with Crippen LogP contribution in [0.15, 0.2) is 59.9 Å².